The Balaban J connectivity index is -0.000000320. The maximum absolute atomic E-state index is 9.32. The summed E-state index contributed by atoms with van der Waals surface area (Å²) in [6, 6.07) is 0. The Labute approximate surface area is 85.2 Å². The van der Waals surface area contributed by atoms with Gasteiger partial charge in [-0.1, -0.05) is 0 Å². The first-order chi connectivity index (χ1) is 3.71. The predicted octanol–water partition coefficient (Wildman–Crippen LogP) is -3.34. The Hall–Kier alpha value is 1.40. The molecule has 0 spiro atoms. The Morgan fingerprint density at radius 2 is 1.09 bits per heavy atom. The molecule has 11 heteroatoms. The van der Waals surface area contributed by atoms with E-state index in [4.69, 9.17) is 0 Å². The fraction of sp³-hybridized carbons (Fsp3) is 0. The van der Waals surface area contributed by atoms with Gasteiger partial charge in [-0.3, -0.25) is 0 Å². The van der Waals surface area contributed by atoms with Gasteiger partial charge < -0.3 is 33.0 Å². The summed E-state index contributed by atoms with van der Waals surface area (Å²) in [5.74, 6) is 0. The molecule has 0 saturated heterocycles. The van der Waals surface area contributed by atoms with Crippen molar-refractivity contribution in [3.63, 3.8) is 0 Å². The second kappa shape index (κ2) is 5.95. The summed E-state index contributed by atoms with van der Waals surface area (Å²) in [5.41, 5.74) is 0. The molecule has 0 aromatic carbocycles. The van der Waals surface area contributed by atoms with Gasteiger partial charge in [0, 0.05) is 19.5 Å². The molecule has 0 fully saturated rings. The Bertz CT molecular complexity index is 157. The topological polar surface area (TPSA) is 136 Å². The molecule has 0 amide bonds. The Morgan fingerprint density at radius 1 is 0.909 bits per heavy atom. The minimum Gasteiger partial charge on any atom is -0.790 e. The smallest absolute Gasteiger partial charge is 0.790 e. The third-order valence-electron chi connectivity index (χ3n) is 0.200. The molecule has 0 aromatic rings. The monoisotopic (exact) mass is 294 g/mol. The van der Waals surface area contributed by atoms with E-state index in [1.807, 2.05) is 0 Å². The average Bonchev–Trinajstić information content (AvgIpc) is 1.14. The largest absolute Gasteiger partial charge is 3.00 e. The van der Waals surface area contributed by atoms with Crippen LogP contribution in [0.25, 0.3) is 0 Å². The predicted molar refractivity (Wildman–Crippen MR) is 16.3 cm³/mol. The van der Waals surface area contributed by atoms with Gasteiger partial charge in [-0.2, -0.15) is 0 Å². The van der Waals surface area contributed by atoms with Gasteiger partial charge in [-0.15, -0.1) is 0 Å². The number of hydrogen-bond acceptors (Lipinski definition) is 7. The third-order valence-corrected chi connectivity index (χ3v) is 1.80. The van der Waals surface area contributed by atoms with Crippen molar-refractivity contribution in [3.05, 3.63) is 0 Å². The molecule has 7 nitrogen and oxygen atoms in total. The summed E-state index contributed by atoms with van der Waals surface area (Å²) in [5, 5.41) is 0. The summed E-state index contributed by atoms with van der Waals surface area (Å²) in [4.78, 5) is 37.3. The second-order valence-electron chi connectivity index (χ2n) is 0.976. The van der Waals surface area contributed by atoms with Crippen LogP contribution in [-0.2, 0) is 50.0 Å². The molecular formula is FeO7P2Zn-. The van der Waals surface area contributed by atoms with E-state index in [-0.39, 0.29) is 36.5 Å². The molecule has 0 atom stereocenters. The number of hydrogen-bond donors (Lipinski definition) is 0. The van der Waals surface area contributed by atoms with Crippen molar-refractivity contribution >= 4 is 15.6 Å². The van der Waals surface area contributed by atoms with Crippen LogP contribution in [0.1, 0.15) is 0 Å². The molecule has 0 N–H and O–H groups in total. The van der Waals surface area contributed by atoms with Crippen LogP contribution < -0.4 is 19.6 Å². The second-order valence-corrected chi connectivity index (χ2v) is 3.42. The van der Waals surface area contributed by atoms with Crippen molar-refractivity contribution in [3.8, 4) is 0 Å². The van der Waals surface area contributed by atoms with Crippen LogP contribution in [0.2, 0.25) is 0 Å². The van der Waals surface area contributed by atoms with E-state index >= 15 is 0 Å². The molecule has 0 aromatic heterocycles. The molecule has 11 heavy (non-hydrogen) atoms. The summed E-state index contributed by atoms with van der Waals surface area (Å²) < 4.78 is 21.2. The van der Waals surface area contributed by atoms with Crippen molar-refractivity contribution in [2.75, 3.05) is 0 Å². The van der Waals surface area contributed by atoms with E-state index in [0.29, 0.717) is 0 Å². The molecule has 0 unspecified atom stereocenters. The summed E-state index contributed by atoms with van der Waals surface area (Å²) >= 11 is 0. The zero-order chi connectivity index (χ0) is 7.71. The van der Waals surface area contributed by atoms with Gasteiger partial charge in [0.2, 0.25) is 0 Å². The zero-order valence-electron chi connectivity index (χ0n) is 4.81. The maximum Gasteiger partial charge on any atom is 3.00 e. The molecule has 0 aliphatic rings. The molecular weight excluding hydrogens is 295 g/mol. The minimum atomic E-state index is -5.68. The zero-order valence-corrected chi connectivity index (χ0v) is 10.7. The van der Waals surface area contributed by atoms with Gasteiger partial charge in [-0.05, 0) is 0 Å². The van der Waals surface area contributed by atoms with E-state index < -0.39 is 15.6 Å². The summed E-state index contributed by atoms with van der Waals surface area (Å²) in [7, 11) is -11.4. The van der Waals surface area contributed by atoms with Crippen molar-refractivity contribution in [2.24, 2.45) is 0 Å². The van der Waals surface area contributed by atoms with Crippen molar-refractivity contribution in [1.29, 1.82) is 0 Å². The van der Waals surface area contributed by atoms with Crippen LogP contribution in [0.4, 0.5) is 0 Å². The van der Waals surface area contributed by atoms with E-state index in [9.17, 15) is 28.7 Å². The first-order valence-corrected chi connectivity index (χ1v) is 4.38. The van der Waals surface area contributed by atoms with Gasteiger partial charge in [0.1, 0.15) is 0 Å². The molecule has 0 aliphatic heterocycles. The molecule has 0 bridgehead atoms. The molecule has 0 saturated carbocycles. The Morgan fingerprint density at radius 3 is 1.09 bits per heavy atom. The van der Waals surface area contributed by atoms with Gasteiger partial charge >= 0.3 is 17.1 Å². The molecule has 0 aliphatic carbocycles. The normalized spacial score (nSPS) is 11.3. The maximum atomic E-state index is 9.32. The van der Waals surface area contributed by atoms with E-state index in [1.54, 1.807) is 0 Å². The quantitative estimate of drug-likeness (QED) is 0.383. The van der Waals surface area contributed by atoms with Gasteiger partial charge in [0.15, 0.2) is 0 Å². The van der Waals surface area contributed by atoms with E-state index in [2.05, 4.69) is 4.31 Å². The SMILES string of the molecule is O=P([O-])([O-])OP(=O)([O-])[O-].[Fe+3].[Zn]. The van der Waals surface area contributed by atoms with E-state index in [1.165, 1.54) is 0 Å². The van der Waals surface area contributed by atoms with Gasteiger partial charge in [0.25, 0.3) is 0 Å². The van der Waals surface area contributed by atoms with Crippen molar-refractivity contribution in [1.82, 2.24) is 0 Å². The van der Waals surface area contributed by atoms with E-state index in [0.717, 1.165) is 0 Å². The van der Waals surface area contributed by atoms with Crippen LogP contribution in [0, 0.1) is 0 Å². The van der Waals surface area contributed by atoms with Crippen molar-refractivity contribution in [2.45, 2.75) is 0 Å². The van der Waals surface area contributed by atoms with Crippen LogP contribution in [0.3, 0.4) is 0 Å². The average molecular weight is 295 g/mol. The van der Waals surface area contributed by atoms with Crippen LogP contribution in [0.15, 0.2) is 0 Å². The van der Waals surface area contributed by atoms with Crippen LogP contribution in [-0.4, -0.2) is 0 Å². The minimum absolute atomic E-state index is 0. The summed E-state index contributed by atoms with van der Waals surface area (Å²) in [6.45, 7) is 0. The van der Waals surface area contributed by atoms with Crippen LogP contribution >= 0.6 is 15.6 Å². The fourth-order valence-electron chi connectivity index (χ4n) is 0.122. The van der Waals surface area contributed by atoms with Gasteiger partial charge in [0.05, 0.1) is 15.6 Å². The van der Waals surface area contributed by atoms with Crippen LogP contribution in [0.5, 0.6) is 0 Å². The first kappa shape index (κ1) is 18.2. The standard InChI is InChI=1S/Fe.H4O7P2.Zn/c;1-8(2,3)7-9(4,5)6;/h;(H2,1,2,3)(H2,4,5,6);/q+3;;/p-4. The summed E-state index contributed by atoms with van der Waals surface area (Å²) in [6.07, 6.45) is 0. The Kier molecular flexibility index (Phi) is 9.86. The van der Waals surface area contributed by atoms with Gasteiger partial charge in [-0.25, -0.2) is 0 Å². The number of rotatable bonds is 2. The van der Waals surface area contributed by atoms with Crippen molar-refractivity contribution < 1.29 is 69.6 Å². The number of phosphoric acid groups is 2. The molecule has 1 radical (unpaired) electrons. The third kappa shape index (κ3) is 18.4. The molecule has 63 valence electrons. The molecule has 0 heterocycles. The first-order valence-electron chi connectivity index (χ1n) is 1.46. The fourth-order valence-corrected chi connectivity index (χ4v) is 1.10. The molecule has 0 rings (SSSR count).